The van der Waals surface area contributed by atoms with Gasteiger partial charge in [-0.1, -0.05) is 26.3 Å². The van der Waals surface area contributed by atoms with Crippen LogP contribution in [0.2, 0.25) is 0 Å². The Hall–Kier alpha value is -2.86. The van der Waals surface area contributed by atoms with Crippen LogP contribution in [0.5, 0.6) is 5.75 Å². The maximum atomic E-state index is 12.5. The molecule has 0 aromatic heterocycles. The Bertz CT molecular complexity index is 951. The molecule has 0 fully saturated rings. The van der Waals surface area contributed by atoms with Gasteiger partial charge in [0, 0.05) is 6.61 Å². The second-order valence-electron chi connectivity index (χ2n) is 7.21. The van der Waals surface area contributed by atoms with E-state index in [0.29, 0.717) is 35.0 Å². The predicted octanol–water partition coefficient (Wildman–Crippen LogP) is 4.54. The predicted molar refractivity (Wildman–Crippen MR) is 109 cm³/mol. The van der Waals surface area contributed by atoms with Crippen molar-refractivity contribution in [3.8, 4) is 5.75 Å². The summed E-state index contributed by atoms with van der Waals surface area (Å²) in [5, 5.41) is 10.9. The van der Waals surface area contributed by atoms with E-state index in [1.165, 1.54) is 13.2 Å². The van der Waals surface area contributed by atoms with E-state index in [9.17, 15) is 14.7 Å². The van der Waals surface area contributed by atoms with E-state index in [0.717, 1.165) is 12.0 Å². The summed E-state index contributed by atoms with van der Waals surface area (Å²) in [6.45, 7) is 8.38. The molecule has 6 nitrogen and oxygen atoms in total. The van der Waals surface area contributed by atoms with Crippen molar-refractivity contribution in [1.82, 2.24) is 0 Å². The number of hydrogen-bond donors (Lipinski definition) is 1. The number of carbonyl (C=O) groups is 2. The van der Waals surface area contributed by atoms with Crippen LogP contribution in [-0.2, 0) is 19.0 Å². The molecule has 1 N–H and O–H groups in total. The van der Waals surface area contributed by atoms with Crippen LogP contribution in [0, 0.1) is 5.92 Å². The Kier molecular flexibility index (Phi) is 5.94. The lowest BCUT2D eigenvalue weighted by molar-refractivity contribution is -0.117. The van der Waals surface area contributed by atoms with Crippen molar-refractivity contribution >= 4 is 23.7 Å². The Balaban J connectivity index is 2.20. The zero-order valence-electron chi connectivity index (χ0n) is 17.4. The zero-order chi connectivity index (χ0) is 21.3. The number of hydrogen-bond acceptors (Lipinski definition) is 6. The van der Waals surface area contributed by atoms with Crippen LogP contribution in [-0.4, -0.2) is 30.4 Å². The molecular weight excluding hydrogens is 372 g/mol. The quantitative estimate of drug-likeness (QED) is 0.708. The monoisotopic (exact) mass is 398 g/mol. The molecule has 1 aliphatic heterocycles. The number of Topliss-reactive ketones (excluding diaryl/α,β-unsaturated/α-hetero) is 2. The maximum absolute atomic E-state index is 12.5. The minimum atomic E-state index is -0.878. The van der Waals surface area contributed by atoms with Gasteiger partial charge in [-0.25, -0.2) is 0 Å². The summed E-state index contributed by atoms with van der Waals surface area (Å²) in [4.78, 5) is 24.7. The highest BCUT2D eigenvalue weighted by atomic mass is 16.7. The third kappa shape index (κ3) is 3.72. The third-order valence-corrected chi connectivity index (χ3v) is 5.21. The van der Waals surface area contributed by atoms with Gasteiger partial charge < -0.3 is 19.3 Å². The first-order valence-corrected chi connectivity index (χ1v) is 9.75. The van der Waals surface area contributed by atoms with Gasteiger partial charge >= 0.3 is 0 Å². The van der Waals surface area contributed by atoms with Crippen LogP contribution in [0.4, 0.5) is 0 Å². The molecule has 1 aromatic rings. The second-order valence-corrected chi connectivity index (χ2v) is 7.21. The average Bonchev–Trinajstić information content (AvgIpc) is 2.70. The van der Waals surface area contributed by atoms with Crippen LogP contribution in [0.3, 0.4) is 0 Å². The number of aromatic hydroxyl groups is 1. The van der Waals surface area contributed by atoms with Gasteiger partial charge in [0.1, 0.15) is 11.5 Å². The number of ether oxygens (including phenoxy) is 3. The second kappa shape index (κ2) is 8.25. The molecule has 0 spiro atoms. The average molecular weight is 398 g/mol. The summed E-state index contributed by atoms with van der Waals surface area (Å²) in [6.07, 6.45) is 5.55. The molecule has 0 saturated carbocycles. The van der Waals surface area contributed by atoms with Gasteiger partial charge in [-0.3, -0.25) is 9.59 Å². The number of rotatable bonds is 6. The standard InChI is InChI=1S/C23H26O6/c1-6-12(3)8-13(4)16-10-15-9-14-11-17(27-5)20(24)22(26)18(14)21(25)19(15)23(29-16)28-7-2/h8-12,23,25H,6-7H2,1-5H3/b13-8+/t12-,23-/m0/s1. The van der Waals surface area contributed by atoms with Crippen LogP contribution in [0.1, 0.15) is 67.5 Å². The van der Waals surface area contributed by atoms with Gasteiger partial charge in [-0.2, -0.15) is 0 Å². The van der Waals surface area contributed by atoms with Crippen molar-refractivity contribution in [2.75, 3.05) is 13.7 Å². The molecule has 0 saturated heterocycles. The van der Waals surface area contributed by atoms with E-state index in [2.05, 4.69) is 19.9 Å². The lowest BCUT2D eigenvalue weighted by atomic mass is 9.87. The first kappa shape index (κ1) is 20.9. The highest BCUT2D eigenvalue weighted by Crippen LogP contribution is 2.44. The molecule has 0 amide bonds. The number of allylic oxidation sites excluding steroid dienone is 3. The van der Waals surface area contributed by atoms with Crippen LogP contribution in [0.15, 0.2) is 29.2 Å². The highest BCUT2D eigenvalue weighted by Gasteiger charge is 2.36. The molecular formula is C23H26O6. The minimum Gasteiger partial charge on any atom is -0.507 e. The highest BCUT2D eigenvalue weighted by molar-refractivity contribution is 6.51. The molecule has 2 aliphatic rings. The summed E-state index contributed by atoms with van der Waals surface area (Å²) in [5.41, 5.74) is 2.37. The number of fused-ring (bicyclic) bond motifs is 2. The van der Waals surface area contributed by atoms with E-state index >= 15 is 0 Å². The number of benzene rings is 1. The smallest absolute Gasteiger partial charge is 0.268 e. The van der Waals surface area contributed by atoms with Gasteiger partial charge in [0.05, 0.1) is 18.2 Å². The molecule has 0 radical (unpaired) electrons. The molecule has 3 rings (SSSR count). The van der Waals surface area contributed by atoms with Gasteiger partial charge in [0.15, 0.2) is 5.76 Å². The van der Waals surface area contributed by atoms with Crippen LogP contribution in [0.25, 0.3) is 12.2 Å². The normalized spacial score (nSPS) is 19.6. The number of phenolic OH excluding ortho intramolecular Hbond substituents is 1. The number of phenols is 1. The Morgan fingerprint density at radius 1 is 1.24 bits per heavy atom. The Labute approximate surface area is 170 Å². The van der Waals surface area contributed by atoms with Crippen molar-refractivity contribution < 1.29 is 28.9 Å². The summed E-state index contributed by atoms with van der Waals surface area (Å²) >= 11 is 0. The maximum Gasteiger partial charge on any atom is 0.268 e. The van der Waals surface area contributed by atoms with Gasteiger partial charge in [-0.05, 0) is 54.7 Å². The molecule has 0 bridgehead atoms. The first-order chi connectivity index (χ1) is 13.8. The number of carbonyl (C=O) groups excluding carboxylic acids is 2. The van der Waals surface area contributed by atoms with E-state index in [-0.39, 0.29) is 17.1 Å². The topological polar surface area (TPSA) is 82.1 Å². The fourth-order valence-electron chi connectivity index (χ4n) is 3.48. The molecule has 0 unspecified atom stereocenters. The van der Waals surface area contributed by atoms with Crippen LogP contribution < -0.4 is 0 Å². The van der Waals surface area contributed by atoms with E-state index < -0.39 is 17.9 Å². The number of methoxy groups -OCH3 is 1. The van der Waals surface area contributed by atoms with Gasteiger partial charge in [0.2, 0.25) is 12.1 Å². The molecule has 6 heteroatoms. The summed E-state index contributed by atoms with van der Waals surface area (Å²) in [7, 11) is 1.33. The minimum absolute atomic E-state index is 0.0488. The van der Waals surface area contributed by atoms with Crippen molar-refractivity contribution in [3.05, 3.63) is 51.5 Å². The molecule has 1 heterocycles. The van der Waals surface area contributed by atoms with Crippen molar-refractivity contribution in [2.24, 2.45) is 5.92 Å². The van der Waals surface area contributed by atoms with E-state index in [1.807, 2.05) is 19.9 Å². The summed E-state index contributed by atoms with van der Waals surface area (Å²) in [6, 6.07) is 1.75. The summed E-state index contributed by atoms with van der Waals surface area (Å²) in [5.74, 6) is -0.906. The van der Waals surface area contributed by atoms with Crippen molar-refractivity contribution in [2.45, 2.75) is 40.4 Å². The molecule has 29 heavy (non-hydrogen) atoms. The zero-order valence-corrected chi connectivity index (χ0v) is 17.4. The van der Waals surface area contributed by atoms with Gasteiger partial charge in [0.25, 0.3) is 5.78 Å². The fraction of sp³-hybridized carbons (Fsp3) is 0.391. The molecule has 2 atom stereocenters. The molecule has 1 aliphatic carbocycles. The number of ketones is 2. The Morgan fingerprint density at radius 3 is 2.59 bits per heavy atom. The summed E-state index contributed by atoms with van der Waals surface area (Å²) < 4.78 is 16.7. The third-order valence-electron chi connectivity index (χ3n) is 5.21. The lowest BCUT2D eigenvalue weighted by Crippen LogP contribution is -2.24. The largest absolute Gasteiger partial charge is 0.507 e. The van der Waals surface area contributed by atoms with Crippen molar-refractivity contribution in [3.63, 3.8) is 0 Å². The van der Waals surface area contributed by atoms with Crippen LogP contribution >= 0.6 is 0 Å². The van der Waals surface area contributed by atoms with Crippen molar-refractivity contribution in [1.29, 1.82) is 0 Å². The molecule has 1 aromatic carbocycles. The first-order valence-electron chi connectivity index (χ1n) is 9.75. The SMILES string of the molecule is CCO[C@H]1OC(/C(C)=C/[C@@H](C)CC)=Cc2cc3c(c(O)c21)C(=O)C(=O)C(OC)=C3. The van der Waals surface area contributed by atoms with E-state index in [4.69, 9.17) is 14.2 Å². The fourth-order valence-corrected chi connectivity index (χ4v) is 3.48. The lowest BCUT2D eigenvalue weighted by Gasteiger charge is -2.29. The Morgan fingerprint density at radius 2 is 1.97 bits per heavy atom. The molecule has 154 valence electrons. The van der Waals surface area contributed by atoms with Gasteiger partial charge in [-0.15, -0.1) is 0 Å². The van der Waals surface area contributed by atoms with E-state index in [1.54, 1.807) is 6.07 Å².